The summed E-state index contributed by atoms with van der Waals surface area (Å²) in [5, 5.41) is 0.864. The molecule has 35 heavy (non-hydrogen) atoms. The number of hydrogen-bond acceptors (Lipinski definition) is 4. The van der Waals surface area contributed by atoms with Gasteiger partial charge in [0.05, 0.1) is 4.90 Å². The summed E-state index contributed by atoms with van der Waals surface area (Å²) in [7, 11) is -3.47. The lowest BCUT2D eigenvalue weighted by Gasteiger charge is -2.36. The minimum Gasteiger partial charge on any atom is -0.368 e. The zero-order valence-electron chi connectivity index (χ0n) is 19.8. The topological polar surface area (TPSA) is 65.9 Å². The van der Waals surface area contributed by atoms with E-state index >= 15 is 0 Å². The maximum absolute atomic E-state index is 13.2. The standard InChI is InChI=1S/C26H31FN4O3S/c27-22-4-6-23(7-5-22)28-16-18-30(19-17-28)26(32)11-15-29-14-10-21-20-24(8-9-25(21)29)35(33,34)31-12-2-1-3-13-31/h4-10,14,20H,1-3,11-13,15-19H2. The smallest absolute Gasteiger partial charge is 0.243 e. The van der Waals surface area contributed by atoms with Gasteiger partial charge in [0.15, 0.2) is 0 Å². The lowest BCUT2D eigenvalue weighted by atomic mass is 10.2. The van der Waals surface area contributed by atoms with E-state index in [4.69, 9.17) is 0 Å². The van der Waals surface area contributed by atoms with Gasteiger partial charge in [-0.15, -0.1) is 0 Å². The Balaban J connectivity index is 1.19. The number of sulfonamides is 1. The van der Waals surface area contributed by atoms with Crippen LogP contribution in [0.15, 0.2) is 59.6 Å². The predicted molar refractivity (Wildman–Crippen MR) is 134 cm³/mol. The van der Waals surface area contributed by atoms with E-state index in [1.165, 1.54) is 12.1 Å². The van der Waals surface area contributed by atoms with Crippen molar-refractivity contribution in [2.75, 3.05) is 44.2 Å². The van der Waals surface area contributed by atoms with Gasteiger partial charge in [0, 0.05) is 75.0 Å². The molecule has 2 fully saturated rings. The van der Waals surface area contributed by atoms with Gasteiger partial charge >= 0.3 is 0 Å². The molecule has 9 heteroatoms. The van der Waals surface area contributed by atoms with Crippen molar-refractivity contribution in [3.63, 3.8) is 0 Å². The summed E-state index contributed by atoms with van der Waals surface area (Å²) in [6.45, 7) is 4.43. The molecule has 0 spiro atoms. The van der Waals surface area contributed by atoms with Crippen LogP contribution in [-0.4, -0.2) is 67.4 Å². The normalized spacial score (nSPS) is 17.7. The van der Waals surface area contributed by atoms with Crippen LogP contribution < -0.4 is 4.90 Å². The SMILES string of the molecule is O=C(CCn1ccc2cc(S(=O)(=O)N3CCCCC3)ccc21)N1CCN(c2ccc(F)cc2)CC1. The van der Waals surface area contributed by atoms with E-state index in [2.05, 4.69) is 4.90 Å². The van der Waals surface area contributed by atoms with Crippen LogP contribution in [-0.2, 0) is 21.4 Å². The van der Waals surface area contributed by atoms with Gasteiger partial charge in [-0.3, -0.25) is 4.79 Å². The summed E-state index contributed by atoms with van der Waals surface area (Å²) in [5.41, 5.74) is 1.90. The Morgan fingerprint density at radius 2 is 1.57 bits per heavy atom. The fourth-order valence-electron chi connectivity index (χ4n) is 5.03. The minimum atomic E-state index is -3.47. The lowest BCUT2D eigenvalue weighted by Crippen LogP contribution is -2.48. The summed E-state index contributed by atoms with van der Waals surface area (Å²) >= 11 is 0. The Kier molecular flexibility index (Phi) is 6.80. The molecule has 2 aliphatic rings. The third-order valence-electron chi connectivity index (χ3n) is 7.09. The molecule has 186 valence electrons. The van der Waals surface area contributed by atoms with Gasteiger partial charge in [-0.1, -0.05) is 6.42 Å². The van der Waals surface area contributed by atoms with E-state index in [1.54, 1.807) is 28.6 Å². The second-order valence-corrected chi connectivity index (χ2v) is 11.2. The number of halogens is 1. The number of anilines is 1. The van der Waals surface area contributed by atoms with Gasteiger partial charge in [-0.25, -0.2) is 12.8 Å². The third kappa shape index (κ3) is 5.06. The molecule has 3 aromatic rings. The minimum absolute atomic E-state index is 0.106. The summed E-state index contributed by atoms with van der Waals surface area (Å²) in [6.07, 6.45) is 5.20. The highest BCUT2D eigenvalue weighted by atomic mass is 32.2. The number of amides is 1. The monoisotopic (exact) mass is 498 g/mol. The maximum Gasteiger partial charge on any atom is 0.243 e. The van der Waals surface area contributed by atoms with Gasteiger partial charge in [0.1, 0.15) is 5.82 Å². The van der Waals surface area contributed by atoms with Crippen molar-refractivity contribution < 1.29 is 17.6 Å². The van der Waals surface area contributed by atoms with Crippen LogP contribution in [0.1, 0.15) is 25.7 Å². The Morgan fingerprint density at radius 1 is 0.857 bits per heavy atom. The third-order valence-corrected chi connectivity index (χ3v) is 8.98. The van der Waals surface area contributed by atoms with E-state index in [1.807, 2.05) is 27.8 Å². The fourth-order valence-corrected chi connectivity index (χ4v) is 6.58. The second kappa shape index (κ2) is 9.99. The first-order chi connectivity index (χ1) is 16.9. The molecule has 1 amide bonds. The zero-order valence-corrected chi connectivity index (χ0v) is 20.6. The van der Waals surface area contributed by atoms with Gasteiger partial charge in [0.25, 0.3) is 0 Å². The molecule has 3 heterocycles. The number of aryl methyl sites for hydroxylation is 1. The van der Waals surface area contributed by atoms with E-state index in [0.29, 0.717) is 44.0 Å². The first-order valence-corrected chi connectivity index (χ1v) is 13.7. The van der Waals surface area contributed by atoms with Gasteiger partial charge in [0.2, 0.25) is 15.9 Å². The van der Waals surface area contributed by atoms with Gasteiger partial charge in [-0.2, -0.15) is 4.31 Å². The highest BCUT2D eigenvalue weighted by Gasteiger charge is 2.26. The van der Waals surface area contributed by atoms with Crippen LogP contribution in [0.3, 0.4) is 0 Å². The van der Waals surface area contributed by atoms with E-state index in [0.717, 1.165) is 48.9 Å². The molecule has 0 radical (unpaired) electrons. The number of carbonyl (C=O) groups is 1. The van der Waals surface area contributed by atoms with Crippen molar-refractivity contribution in [1.29, 1.82) is 0 Å². The van der Waals surface area contributed by atoms with Crippen LogP contribution >= 0.6 is 0 Å². The second-order valence-electron chi connectivity index (χ2n) is 9.29. The molecule has 0 atom stereocenters. The number of nitrogens with zero attached hydrogens (tertiary/aromatic N) is 4. The average molecular weight is 499 g/mol. The van der Waals surface area contributed by atoms with Gasteiger partial charge < -0.3 is 14.4 Å². The lowest BCUT2D eigenvalue weighted by molar-refractivity contribution is -0.131. The van der Waals surface area contributed by atoms with Crippen LogP contribution in [0, 0.1) is 5.82 Å². The number of fused-ring (bicyclic) bond motifs is 1. The molecule has 7 nitrogen and oxygen atoms in total. The van der Waals surface area contributed by atoms with E-state index < -0.39 is 10.0 Å². The molecular formula is C26H31FN4O3S. The van der Waals surface area contributed by atoms with Crippen LogP contribution in [0.25, 0.3) is 10.9 Å². The average Bonchev–Trinajstić information content (AvgIpc) is 3.30. The summed E-state index contributed by atoms with van der Waals surface area (Å²) in [6, 6.07) is 13.6. The number of piperidine rings is 1. The zero-order chi connectivity index (χ0) is 24.4. The molecule has 2 aromatic carbocycles. The van der Waals surface area contributed by atoms with Crippen LogP contribution in [0.4, 0.5) is 10.1 Å². The van der Waals surface area contributed by atoms with Gasteiger partial charge in [-0.05, 0) is 61.4 Å². The molecule has 2 saturated heterocycles. The Bertz CT molecular complexity index is 1290. The Morgan fingerprint density at radius 3 is 2.29 bits per heavy atom. The quantitative estimate of drug-likeness (QED) is 0.520. The van der Waals surface area contributed by atoms with Crippen LogP contribution in [0.5, 0.6) is 0 Å². The molecule has 0 saturated carbocycles. The van der Waals surface area contributed by atoms with Crippen molar-refractivity contribution in [3.8, 4) is 0 Å². The van der Waals surface area contributed by atoms with E-state index in [-0.39, 0.29) is 11.7 Å². The number of benzene rings is 2. The Hall–Kier alpha value is -2.91. The molecule has 1 aromatic heterocycles. The summed E-state index contributed by atoms with van der Waals surface area (Å²) in [5.74, 6) is -0.144. The number of hydrogen-bond donors (Lipinski definition) is 0. The van der Waals surface area contributed by atoms with Crippen molar-refractivity contribution in [1.82, 2.24) is 13.8 Å². The highest BCUT2D eigenvalue weighted by Crippen LogP contribution is 2.25. The molecule has 0 bridgehead atoms. The maximum atomic E-state index is 13.2. The van der Waals surface area contributed by atoms with Crippen molar-refractivity contribution >= 4 is 32.5 Å². The molecule has 0 N–H and O–H groups in total. The first-order valence-electron chi connectivity index (χ1n) is 12.3. The number of rotatable bonds is 6. The summed E-state index contributed by atoms with van der Waals surface area (Å²) in [4.78, 5) is 17.2. The molecule has 2 aliphatic heterocycles. The molecule has 5 rings (SSSR count). The van der Waals surface area contributed by atoms with Crippen molar-refractivity contribution in [2.45, 2.75) is 37.1 Å². The molecular weight excluding hydrogens is 467 g/mol. The van der Waals surface area contributed by atoms with Crippen molar-refractivity contribution in [3.05, 3.63) is 60.5 Å². The largest absolute Gasteiger partial charge is 0.368 e. The van der Waals surface area contributed by atoms with Crippen molar-refractivity contribution in [2.24, 2.45) is 0 Å². The van der Waals surface area contributed by atoms with Crippen LogP contribution in [0.2, 0.25) is 0 Å². The highest BCUT2D eigenvalue weighted by molar-refractivity contribution is 7.89. The fraction of sp³-hybridized carbons (Fsp3) is 0.423. The number of carbonyl (C=O) groups excluding carboxylic acids is 1. The molecule has 0 unspecified atom stereocenters. The summed E-state index contributed by atoms with van der Waals surface area (Å²) < 4.78 is 42.8. The number of aromatic nitrogens is 1. The number of piperazine rings is 1. The Labute approximate surface area is 205 Å². The predicted octanol–water partition coefficient (Wildman–Crippen LogP) is 3.69. The first kappa shape index (κ1) is 23.8. The molecule has 0 aliphatic carbocycles. The van der Waals surface area contributed by atoms with E-state index in [9.17, 15) is 17.6 Å².